The molecule has 4 rings (SSSR count). The number of hydrogen-bond donors (Lipinski definition) is 1. The zero-order valence-electron chi connectivity index (χ0n) is 14.4. The fourth-order valence-electron chi connectivity index (χ4n) is 3.75. The number of anilines is 1. The summed E-state index contributed by atoms with van der Waals surface area (Å²) in [4.78, 5) is 21.7. The van der Waals surface area contributed by atoms with Gasteiger partial charge in [-0.2, -0.15) is 0 Å². The molecule has 0 saturated carbocycles. The molecule has 1 N–H and O–H groups in total. The minimum atomic E-state index is 0.181. The van der Waals surface area contributed by atoms with E-state index in [0.717, 1.165) is 56.4 Å². The number of piperazine rings is 1. The second-order valence-corrected chi connectivity index (χ2v) is 7.69. The summed E-state index contributed by atoms with van der Waals surface area (Å²) in [6.45, 7) is 5.39. The molecule has 1 aromatic carbocycles. The molecule has 0 radical (unpaired) electrons. The van der Waals surface area contributed by atoms with Crippen LogP contribution in [0.1, 0.15) is 22.3 Å². The van der Waals surface area contributed by atoms with E-state index in [-0.39, 0.29) is 5.91 Å². The van der Waals surface area contributed by atoms with Crippen LogP contribution >= 0.6 is 11.3 Å². The first-order chi connectivity index (χ1) is 12.3. The highest BCUT2D eigenvalue weighted by molar-refractivity contribution is 7.13. The first-order valence-corrected chi connectivity index (χ1v) is 9.91. The number of aromatic nitrogens is 1. The second-order valence-electron chi connectivity index (χ2n) is 6.81. The Morgan fingerprint density at radius 1 is 1.24 bits per heavy atom. The van der Waals surface area contributed by atoms with Crippen LogP contribution in [-0.4, -0.2) is 55.1 Å². The maximum Gasteiger partial charge on any atom is 0.254 e. The summed E-state index contributed by atoms with van der Waals surface area (Å²) >= 11 is 1.66. The summed E-state index contributed by atoms with van der Waals surface area (Å²) in [6, 6.07) is 8.15. The molecule has 1 amide bonds. The van der Waals surface area contributed by atoms with Crippen molar-refractivity contribution in [2.75, 3.05) is 44.2 Å². The Morgan fingerprint density at radius 2 is 2.08 bits per heavy atom. The molecule has 0 spiro atoms. The number of benzene rings is 1. The quantitative estimate of drug-likeness (QED) is 0.913. The maximum absolute atomic E-state index is 13.1. The summed E-state index contributed by atoms with van der Waals surface area (Å²) in [6.07, 6.45) is 4.04. The van der Waals surface area contributed by atoms with E-state index in [9.17, 15) is 4.79 Å². The Labute approximate surface area is 152 Å². The van der Waals surface area contributed by atoms with Crippen molar-refractivity contribution < 1.29 is 4.79 Å². The Bertz CT molecular complexity index is 704. The Kier molecular flexibility index (Phi) is 4.99. The Morgan fingerprint density at radius 3 is 2.80 bits per heavy atom. The van der Waals surface area contributed by atoms with Crippen LogP contribution in [0, 0.1) is 5.92 Å². The van der Waals surface area contributed by atoms with Gasteiger partial charge in [0.1, 0.15) is 0 Å². The van der Waals surface area contributed by atoms with Crippen molar-refractivity contribution in [3.05, 3.63) is 47.0 Å². The van der Waals surface area contributed by atoms with Gasteiger partial charge in [-0.15, -0.1) is 11.3 Å². The van der Waals surface area contributed by atoms with Gasteiger partial charge in [-0.25, -0.2) is 4.98 Å². The first kappa shape index (κ1) is 16.5. The van der Waals surface area contributed by atoms with Gasteiger partial charge in [0, 0.05) is 43.3 Å². The van der Waals surface area contributed by atoms with E-state index in [1.165, 1.54) is 12.0 Å². The van der Waals surface area contributed by atoms with Gasteiger partial charge < -0.3 is 15.1 Å². The number of carbonyl (C=O) groups is 1. The average Bonchev–Trinajstić information content (AvgIpc) is 3.36. The fraction of sp³-hybridized carbons (Fsp3) is 0.474. The van der Waals surface area contributed by atoms with Gasteiger partial charge in [0.05, 0.1) is 0 Å². The smallest absolute Gasteiger partial charge is 0.254 e. The second kappa shape index (κ2) is 7.54. The molecule has 0 aliphatic carbocycles. The molecule has 132 valence electrons. The normalized spacial score (nSPS) is 20.9. The van der Waals surface area contributed by atoms with E-state index in [4.69, 9.17) is 0 Å². The van der Waals surface area contributed by atoms with Crippen molar-refractivity contribution in [1.82, 2.24) is 15.2 Å². The number of carbonyl (C=O) groups excluding carboxylic acids is 1. The molecule has 2 saturated heterocycles. The third kappa shape index (κ3) is 3.70. The zero-order chi connectivity index (χ0) is 17.1. The van der Waals surface area contributed by atoms with Crippen LogP contribution in [-0.2, 0) is 6.42 Å². The predicted molar refractivity (Wildman–Crippen MR) is 101 cm³/mol. The Hall–Kier alpha value is -1.92. The highest BCUT2D eigenvalue weighted by atomic mass is 32.1. The molecular formula is C19H24N4OS. The zero-order valence-corrected chi connectivity index (χ0v) is 15.2. The number of nitrogens with one attached hydrogen (secondary N) is 1. The van der Waals surface area contributed by atoms with Crippen molar-refractivity contribution >= 4 is 22.4 Å². The molecule has 3 heterocycles. The van der Waals surface area contributed by atoms with Gasteiger partial charge >= 0.3 is 0 Å². The third-order valence-corrected chi connectivity index (χ3v) is 6.01. The summed E-state index contributed by atoms with van der Waals surface area (Å²) in [7, 11) is 0. The molecule has 2 aliphatic rings. The number of amides is 1. The average molecular weight is 356 g/mol. The van der Waals surface area contributed by atoms with E-state index in [1.54, 1.807) is 11.3 Å². The van der Waals surface area contributed by atoms with Crippen molar-refractivity contribution in [2.45, 2.75) is 12.8 Å². The molecule has 1 atom stereocenters. The van der Waals surface area contributed by atoms with Gasteiger partial charge in [-0.3, -0.25) is 4.79 Å². The number of nitrogens with zero attached hydrogens (tertiary/aromatic N) is 3. The predicted octanol–water partition coefficient (Wildman–Crippen LogP) is 2.26. The van der Waals surface area contributed by atoms with Crippen LogP contribution in [0.15, 0.2) is 35.8 Å². The molecule has 1 unspecified atom stereocenters. The summed E-state index contributed by atoms with van der Waals surface area (Å²) in [5.74, 6) is 0.830. The molecular weight excluding hydrogens is 332 g/mol. The number of rotatable bonds is 4. The van der Waals surface area contributed by atoms with Crippen LogP contribution in [0.5, 0.6) is 0 Å². The minimum absolute atomic E-state index is 0.181. The SMILES string of the molecule is O=C(c1ccccc1CC1CCNC1)N1CCN(c2nccs2)CC1. The molecule has 0 bridgehead atoms. The van der Waals surface area contributed by atoms with Crippen LogP contribution in [0.25, 0.3) is 0 Å². The number of thiazole rings is 1. The molecule has 2 aliphatic heterocycles. The van der Waals surface area contributed by atoms with Crippen LogP contribution in [0.4, 0.5) is 5.13 Å². The lowest BCUT2D eigenvalue weighted by Gasteiger charge is -2.35. The monoisotopic (exact) mass is 356 g/mol. The van der Waals surface area contributed by atoms with Crippen molar-refractivity contribution in [3.8, 4) is 0 Å². The lowest BCUT2D eigenvalue weighted by Crippen LogP contribution is -2.49. The highest BCUT2D eigenvalue weighted by Crippen LogP contribution is 2.22. The van der Waals surface area contributed by atoms with Crippen molar-refractivity contribution in [2.24, 2.45) is 5.92 Å². The van der Waals surface area contributed by atoms with E-state index in [0.29, 0.717) is 5.92 Å². The van der Waals surface area contributed by atoms with E-state index in [2.05, 4.69) is 27.3 Å². The standard InChI is InChI=1S/C19H24N4OS/c24-18(22-8-10-23(11-9-22)19-21-7-12-25-19)17-4-2-1-3-16(17)13-15-5-6-20-14-15/h1-4,7,12,15,20H,5-6,8-11,13-14H2. The fourth-order valence-corrected chi connectivity index (χ4v) is 4.45. The molecule has 2 aromatic rings. The lowest BCUT2D eigenvalue weighted by molar-refractivity contribution is 0.0745. The van der Waals surface area contributed by atoms with Gasteiger partial charge in [-0.05, 0) is 43.5 Å². The van der Waals surface area contributed by atoms with Crippen molar-refractivity contribution in [3.63, 3.8) is 0 Å². The van der Waals surface area contributed by atoms with Gasteiger partial charge in [0.25, 0.3) is 5.91 Å². The van der Waals surface area contributed by atoms with Crippen LogP contribution in [0.3, 0.4) is 0 Å². The minimum Gasteiger partial charge on any atom is -0.345 e. The van der Waals surface area contributed by atoms with E-state index < -0.39 is 0 Å². The largest absolute Gasteiger partial charge is 0.345 e. The summed E-state index contributed by atoms with van der Waals surface area (Å²) < 4.78 is 0. The Balaban J connectivity index is 1.43. The third-order valence-electron chi connectivity index (χ3n) is 5.18. The topological polar surface area (TPSA) is 48.5 Å². The molecule has 25 heavy (non-hydrogen) atoms. The molecule has 5 nitrogen and oxygen atoms in total. The van der Waals surface area contributed by atoms with E-state index >= 15 is 0 Å². The molecule has 2 fully saturated rings. The van der Waals surface area contributed by atoms with Crippen molar-refractivity contribution in [1.29, 1.82) is 0 Å². The van der Waals surface area contributed by atoms with Gasteiger partial charge in [0.2, 0.25) is 0 Å². The summed E-state index contributed by atoms with van der Waals surface area (Å²) in [5.41, 5.74) is 2.08. The maximum atomic E-state index is 13.1. The van der Waals surface area contributed by atoms with Gasteiger partial charge in [0.15, 0.2) is 5.13 Å². The van der Waals surface area contributed by atoms with Crippen LogP contribution in [0.2, 0.25) is 0 Å². The number of hydrogen-bond acceptors (Lipinski definition) is 5. The first-order valence-electron chi connectivity index (χ1n) is 9.03. The van der Waals surface area contributed by atoms with E-state index in [1.807, 2.05) is 28.6 Å². The highest BCUT2D eigenvalue weighted by Gasteiger charge is 2.25. The lowest BCUT2D eigenvalue weighted by atomic mass is 9.94. The molecule has 1 aromatic heterocycles. The van der Waals surface area contributed by atoms with Gasteiger partial charge in [-0.1, -0.05) is 18.2 Å². The van der Waals surface area contributed by atoms with Crippen LogP contribution < -0.4 is 10.2 Å². The summed E-state index contributed by atoms with van der Waals surface area (Å²) in [5, 5.41) is 6.47. The molecule has 6 heteroatoms.